The Hall–Kier alpha value is -1.22. The Bertz CT molecular complexity index is 157. The van der Waals surface area contributed by atoms with Crippen LogP contribution in [0.2, 0.25) is 0 Å². The van der Waals surface area contributed by atoms with Gasteiger partial charge in [-0.3, -0.25) is 0 Å². The smallest absolute Gasteiger partial charge is 0.332 e. The van der Waals surface area contributed by atoms with Gasteiger partial charge in [0, 0.05) is 0 Å². The van der Waals surface area contributed by atoms with E-state index in [-0.39, 0.29) is 13.2 Å². The monoisotopic (exact) mass is 242 g/mol. The van der Waals surface area contributed by atoms with Crippen molar-refractivity contribution >= 4 is 11.9 Å². The van der Waals surface area contributed by atoms with E-state index >= 15 is 0 Å². The summed E-state index contributed by atoms with van der Waals surface area (Å²) in [5.41, 5.74) is 0. The second kappa shape index (κ2) is 13.8. The molecule has 0 radical (unpaired) electrons. The third kappa shape index (κ3) is 29.3. The van der Waals surface area contributed by atoms with Gasteiger partial charge in [0.15, 0.2) is 0 Å². The van der Waals surface area contributed by atoms with Gasteiger partial charge in [-0.15, -0.1) is 0 Å². The maximum Gasteiger partial charge on any atom is 0.332 e. The summed E-state index contributed by atoms with van der Waals surface area (Å²) in [6, 6.07) is 0. The molecule has 0 saturated heterocycles. The molecule has 0 rings (SSSR count). The predicted molar refractivity (Wildman–Crippen MR) is 52.8 cm³/mol. The average Bonchev–Trinajstić information content (AvgIpc) is 2.18. The van der Waals surface area contributed by atoms with Crippen molar-refractivity contribution < 1.29 is 40.2 Å². The summed E-state index contributed by atoms with van der Waals surface area (Å²) in [5.74, 6) is -2.37. The molecule has 2 unspecified atom stereocenters. The fraction of sp³-hybridized carbons (Fsp3) is 0.750. The largest absolute Gasteiger partial charge is 0.479 e. The number of carbonyl (C=O) groups is 2. The van der Waals surface area contributed by atoms with Gasteiger partial charge in [-0.2, -0.15) is 0 Å². The summed E-state index contributed by atoms with van der Waals surface area (Å²) in [6.45, 7) is 2.14. The van der Waals surface area contributed by atoms with E-state index in [2.05, 4.69) is 0 Å². The minimum absolute atomic E-state index is 0.125. The van der Waals surface area contributed by atoms with Gasteiger partial charge in [-0.25, -0.2) is 9.59 Å². The summed E-state index contributed by atoms with van der Waals surface area (Å²) in [5, 5.41) is 46.8. The maximum absolute atomic E-state index is 9.45. The summed E-state index contributed by atoms with van der Waals surface area (Å²) in [7, 11) is 0. The lowest BCUT2D eigenvalue weighted by molar-refractivity contribution is -0.146. The molecule has 98 valence electrons. The lowest BCUT2D eigenvalue weighted by Crippen LogP contribution is -2.13. The molecule has 0 aliphatic rings. The first-order valence-electron chi connectivity index (χ1n) is 4.24. The highest BCUT2D eigenvalue weighted by molar-refractivity contribution is 5.71. The van der Waals surface area contributed by atoms with Crippen LogP contribution >= 0.6 is 0 Å². The normalized spacial score (nSPS) is 12.1. The highest BCUT2D eigenvalue weighted by Crippen LogP contribution is 1.73. The first-order valence-corrected chi connectivity index (χ1v) is 4.24. The number of rotatable bonds is 3. The predicted octanol–water partition coefficient (Wildman–Crippen LogP) is -2.13. The topological polar surface area (TPSA) is 156 Å². The van der Waals surface area contributed by atoms with E-state index in [9.17, 15) is 9.59 Å². The zero-order valence-corrected chi connectivity index (χ0v) is 9.07. The van der Waals surface area contributed by atoms with Crippen molar-refractivity contribution in [3.8, 4) is 0 Å². The zero-order chi connectivity index (χ0) is 13.7. The molecule has 0 saturated carbocycles. The molecule has 0 aromatic heterocycles. The quantitative estimate of drug-likeness (QED) is 0.328. The molecule has 0 amide bonds. The van der Waals surface area contributed by atoms with Crippen molar-refractivity contribution in [1.82, 2.24) is 0 Å². The highest BCUT2D eigenvalue weighted by atomic mass is 16.4. The van der Waals surface area contributed by atoms with E-state index in [4.69, 9.17) is 30.6 Å². The lowest BCUT2D eigenvalue weighted by Gasteiger charge is -1.89. The van der Waals surface area contributed by atoms with Gasteiger partial charge in [0.2, 0.25) is 0 Å². The summed E-state index contributed by atoms with van der Waals surface area (Å²) in [6.07, 6.45) is -2.46. The molecule has 0 fully saturated rings. The van der Waals surface area contributed by atoms with Crippen molar-refractivity contribution in [2.75, 3.05) is 13.2 Å². The van der Waals surface area contributed by atoms with Crippen LogP contribution in [0.5, 0.6) is 0 Å². The van der Waals surface area contributed by atoms with Crippen LogP contribution in [0.3, 0.4) is 0 Å². The molecular formula is C8H18O8. The van der Waals surface area contributed by atoms with E-state index < -0.39 is 24.1 Å². The van der Waals surface area contributed by atoms with Crippen LogP contribution in [0.25, 0.3) is 0 Å². The Morgan fingerprint density at radius 1 is 0.875 bits per heavy atom. The highest BCUT2D eigenvalue weighted by Gasteiger charge is 2.01. The van der Waals surface area contributed by atoms with Gasteiger partial charge in [0.25, 0.3) is 0 Å². The second-order valence-electron chi connectivity index (χ2n) is 2.48. The van der Waals surface area contributed by atoms with Crippen LogP contribution in [0.15, 0.2) is 0 Å². The molecule has 0 aliphatic heterocycles. The molecule has 8 heteroatoms. The Morgan fingerprint density at radius 3 is 1.00 bits per heavy atom. The van der Waals surface area contributed by atoms with Crippen LogP contribution in [0, 0.1) is 0 Å². The zero-order valence-electron chi connectivity index (χ0n) is 9.07. The molecule has 0 aromatic rings. The minimum Gasteiger partial charge on any atom is -0.479 e. The molecule has 2 atom stereocenters. The molecular weight excluding hydrogens is 224 g/mol. The molecule has 0 bridgehead atoms. The first kappa shape index (κ1) is 20.2. The van der Waals surface area contributed by atoms with Crippen LogP contribution in [0.4, 0.5) is 0 Å². The number of aliphatic hydroxyl groups is 4. The van der Waals surface area contributed by atoms with E-state index in [1.807, 2.05) is 0 Å². The third-order valence-corrected chi connectivity index (χ3v) is 0.815. The van der Waals surface area contributed by atoms with Crippen LogP contribution < -0.4 is 0 Å². The van der Waals surface area contributed by atoms with Gasteiger partial charge in [-0.05, 0) is 13.8 Å². The molecule has 0 spiro atoms. The van der Waals surface area contributed by atoms with Crippen molar-refractivity contribution in [2.24, 2.45) is 0 Å². The minimum atomic E-state index is -1.23. The average molecular weight is 242 g/mol. The Morgan fingerprint density at radius 2 is 1.00 bits per heavy atom. The number of hydrogen-bond acceptors (Lipinski definition) is 6. The molecule has 16 heavy (non-hydrogen) atoms. The second-order valence-corrected chi connectivity index (χ2v) is 2.48. The first-order chi connectivity index (χ1) is 7.20. The fourth-order valence-electron chi connectivity index (χ4n) is 0. The molecule has 0 aromatic carbocycles. The van der Waals surface area contributed by atoms with E-state index in [0.717, 1.165) is 0 Å². The molecule has 0 heterocycles. The molecule has 6 N–H and O–H groups in total. The van der Waals surface area contributed by atoms with E-state index in [1.54, 1.807) is 0 Å². The Labute approximate surface area is 92.4 Å². The van der Waals surface area contributed by atoms with Gasteiger partial charge in [0.05, 0.1) is 13.2 Å². The standard InChI is InChI=1S/2C3H6O3.C2H6O2/c2*1-2(4)3(5)6;3-1-2-4/h2*2,4H,1H3,(H,5,6);3-4H,1-2H2. The van der Waals surface area contributed by atoms with E-state index in [1.165, 1.54) is 13.8 Å². The maximum atomic E-state index is 9.45. The van der Waals surface area contributed by atoms with Crippen LogP contribution in [-0.4, -0.2) is 68.0 Å². The number of carboxylic acid groups (broad SMARTS) is 2. The lowest BCUT2D eigenvalue weighted by atomic mass is 10.4. The summed E-state index contributed by atoms with van der Waals surface area (Å²) >= 11 is 0. The number of carboxylic acids is 2. The summed E-state index contributed by atoms with van der Waals surface area (Å²) in [4.78, 5) is 18.9. The van der Waals surface area contributed by atoms with Gasteiger partial charge >= 0.3 is 11.9 Å². The molecule has 8 nitrogen and oxygen atoms in total. The number of hydrogen-bond donors (Lipinski definition) is 6. The third-order valence-electron chi connectivity index (χ3n) is 0.815. The van der Waals surface area contributed by atoms with Crippen LogP contribution in [0.1, 0.15) is 13.8 Å². The van der Waals surface area contributed by atoms with Gasteiger partial charge < -0.3 is 30.6 Å². The Kier molecular flexibility index (Phi) is 17.4. The van der Waals surface area contributed by atoms with E-state index in [0.29, 0.717) is 0 Å². The Balaban J connectivity index is -0.000000162. The number of aliphatic hydroxyl groups excluding tert-OH is 4. The molecule has 0 aliphatic carbocycles. The van der Waals surface area contributed by atoms with Crippen molar-refractivity contribution in [3.63, 3.8) is 0 Å². The van der Waals surface area contributed by atoms with Gasteiger partial charge in [-0.1, -0.05) is 0 Å². The van der Waals surface area contributed by atoms with Crippen LogP contribution in [-0.2, 0) is 9.59 Å². The fourth-order valence-corrected chi connectivity index (χ4v) is 0. The van der Waals surface area contributed by atoms with Gasteiger partial charge in [0.1, 0.15) is 12.2 Å². The SMILES string of the molecule is CC(O)C(=O)O.CC(O)C(=O)O.OCCO. The van der Waals surface area contributed by atoms with Crippen molar-refractivity contribution in [2.45, 2.75) is 26.1 Å². The van der Waals surface area contributed by atoms with Crippen molar-refractivity contribution in [3.05, 3.63) is 0 Å². The number of aliphatic carboxylic acids is 2. The van der Waals surface area contributed by atoms with Crippen molar-refractivity contribution in [1.29, 1.82) is 0 Å². The summed E-state index contributed by atoms with van der Waals surface area (Å²) < 4.78 is 0.